The maximum Gasteiger partial charge on any atom is 0.247 e. The second-order valence-electron chi connectivity index (χ2n) is 5.72. The van der Waals surface area contributed by atoms with Crippen LogP contribution in [0.2, 0.25) is 5.02 Å². The molecule has 4 rings (SSSR count). The van der Waals surface area contributed by atoms with Gasteiger partial charge in [-0.25, -0.2) is 9.88 Å². The van der Waals surface area contributed by atoms with Crippen LogP contribution < -0.4 is 4.90 Å². The average Bonchev–Trinajstić information content (AvgIpc) is 3.14. The summed E-state index contributed by atoms with van der Waals surface area (Å²) in [6.07, 6.45) is 0.176. The van der Waals surface area contributed by atoms with Crippen LogP contribution in [0.15, 0.2) is 48.5 Å². The van der Waals surface area contributed by atoms with Gasteiger partial charge >= 0.3 is 0 Å². The first kappa shape index (κ1) is 16.2. The van der Waals surface area contributed by atoms with E-state index in [1.54, 1.807) is 24.3 Å². The molecule has 2 aromatic carbocycles. The van der Waals surface area contributed by atoms with E-state index in [9.17, 15) is 9.59 Å². The van der Waals surface area contributed by atoms with Crippen LogP contribution in [0.3, 0.4) is 0 Å². The van der Waals surface area contributed by atoms with Crippen molar-refractivity contribution in [2.45, 2.75) is 17.4 Å². The normalized spacial score (nSPS) is 17.6. The Kier molecular flexibility index (Phi) is 4.23. The number of amides is 2. The van der Waals surface area contributed by atoms with Gasteiger partial charge in [0.05, 0.1) is 32.7 Å². The van der Waals surface area contributed by atoms with Gasteiger partial charge in [-0.05, 0) is 24.3 Å². The van der Waals surface area contributed by atoms with Gasteiger partial charge in [-0.2, -0.15) is 0 Å². The first-order valence-corrected chi connectivity index (χ1v) is 9.23. The van der Waals surface area contributed by atoms with Crippen LogP contribution in [0.25, 0.3) is 11.0 Å². The molecule has 1 saturated heterocycles. The smallest absolute Gasteiger partial charge is 0.247 e. The van der Waals surface area contributed by atoms with Crippen molar-refractivity contribution < 1.29 is 9.59 Å². The summed E-state index contributed by atoms with van der Waals surface area (Å²) in [6.45, 7) is 0. The van der Waals surface area contributed by atoms with Crippen LogP contribution >= 0.6 is 23.4 Å². The number of imidazole rings is 1. The van der Waals surface area contributed by atoms with Gasteiger partial charge in [0, 0.05) is 6.42 Å². The van der Waals surface area contributed by atoms with Gasteiger partial charge in [0.2, 0.25) is 11.8 Å². The lowest BCUT2D eigenvalue weighted by atomic mass is 10.3. The number of thioether (sulfide) groups is 1. The van der Waals surface area contributed by atoms with Crippen molar-refractivity contribution in [3.63, 3.8) is 0 Å². The first-order chi connectivity index (χ1) is 12.1. The fourth-order valence-corrected chi connectivity index (χ4v) is 4.10. The SMILES string of the molecule is O=C1CC(SCc2nc3ccccc3[nH]2)C(=O)N1c1ccccc1Cl. The molecule has 1 atom stereocenters. The summed E-state index contributed by atoms with van der Waals surface area (Å²) in [6, 6.07) is 14.7. The number of hydrogen-bond acceptors (Lipinski definition) is 4. The molecule has 126 valence electrons. The predicted octanol–water partition coefficient (Wildman–Crippen LogP) is 3.78. The minimum Gasteiger partial charge on any atom is -0.341 e. The number of aromatic nitrogens is 2. The Hall–Kier alpha value is -2.31. The zero-order valence-corrected chi connectivity index (χ0v) is 14.7. The molecule has 1 aliphatic heterocycles. The molecule has 1 unspecified atom stereocenters. The Morgan fingerprint density at radius 2 is 1.92 bits per heavy atom. The Morgan fingerprint density at radius 3 is 2.72 bits per heavy atom. The number of imide groups is 1. The lowest BCUT2D eigenvalue weighted by Gasteiger charge is -2.16. The van der Waals surface area contributed by atoms with Gasteiger partial charge in [0.1, 0.15) is 5.82 Å². The molecule has 3 aromatic rings. The highest BCUT2D eigenvalue weighted by Crippen LogP contribution is 2.34. The number of nitrogens with zero attached hydrogens (tertiary/aromatic N) is 2. The number of hydrogen-bond donors (Lipinski definition) is 1. The number of nitrogens with one attached hydrogen (secondary N) is 1. The number of H-pyrrole nitrogens is 1. The predicted molar refractivity (Wildman–Crippen MR) is 99.7 cm³/mol. The number of rotatable bonds is 4. The molecule has 0 saturated carbocycles. The number of halogens is 1. The fourth-order valence-electron chi connectivity index (χ4n) is 2.87. The Bertz CT molecular complexity index is 939. The molecule has 1 fully saturated rings. The second-order valence-corrected chi connectivity index (χ2v) is 7.32. The molecule has 5 nitrogen and oxygen atoms in total. The summed E-state index contributed by atoms with van der Waals surface area (Å²) in [5, 5.41) is -0.0240. The van der Waals surface area contributed by atoms with Crippen LogP contribution in [0.5, 0.6) is 0 Å². The Morgan fingerprint density at radius 1 is 1.16 bits per heavy atom. The maximum absolute atomic E-state index is 12.7. The van der Waals surface area contributed by atoms with E-state index in [2.05, 4.69) is 9.97 Å². The Balaban J connectivity index is 1.49. The van der Waals surface area contributed by atoms with Gasteiger partial charge in [0.15, 0.2) is 0 Å². The number of fused-ring (bicyclic) bond motifs is 1. The highest BCUT2D eigenvalue weighted by molar-refractivity contribution is 7.99. The van der Waals surface area contributed by atoms with E-state index in [-0.39, 0.29) is 18.2 Å². The summed E-state index contributed by atoms with van der Waals surface area (Å²) in [5.41, 5.74) is 2.31. The van der Waals surface area contributed by atoms with Crippen molar-refractivity contribution >= 4 is 51.9 Å². The van der Waals surface area contributed by atoms with Crippen LogP contribution in [-0.4, -0.2) is 27.0 Å². The minimum absolute atomic E-state index is 0.176. The molecule has 0 radical (unpaired) electrons. The zero-order valence-electron chi connectivity index (χ0n) is 13.1. The van der Waals surface area contributed by atoms with Gasteiger partial charge < -0.3 is 4.98 Å². The van der Waals surface area contributed by atoms with Gasteiger partial charge in [-0.3, -0.25) is 9.59 Å². The van der Waals surface area contributed by atoms with Crippen molar-refractivity contribution in [3.05, 3.63) is 59.4 Å². The quantitative estimate of drug-likeness (QED) is 0.709. The lowest BCUT2D eigenvalue weighted by Crippen LogP contribution is -2.31. The number of anilines is 1. The molecule has 2 heterocycles. The molecule has 1 aromatic heterocycles. The van der Waals surface area contributed by atoms with Gasteiger partial charge in [-0.15, -0.1) is 11.8 Å². The zero-order chi connectivity index (χ0) is 17.4. The molecule has 2 amide bonds. The van der Waals surface area contributed by atoms with Crippen LogP contribution in [0, 0.1) is 0 Å². The minimum atomic E-state index is -0.419. The van der Waals surface area contributed by atoms with Crippen LogP contribution in [0.1, 0.15) is 12.2 Å². The number of carbonyl (C=O) groups is 2. The van der Waals surface area contributed by atoms with E-state index in [4.69, 9.17) is 11.6 Å². The van der Waals surface area contributed by atoms with Crippen molar-refractivity contribution in [2.75, 3.05) is 4.90 Å². The summed E-state index contributed by atoms with van der Waals surface area (Å²) in [7, 11) is 0. The molecule has 1 aliphatic rings. The lowest BCUT2D eigenvalue weighted by molar-refractivity contribution is -0.121. The van der Waals surface area contributed by atoms with Gasteiger partial charge in [-0.1, -0.05) is 35.9 Å². The summed E-state index contributed by atoms with van der Waals surface area (Å²) < 4.78 is 0. The topological polar surface area (TPSA) is 66.1 Å². The average molecular weight is 372 g/mol. The van der Waals surface area contributed by atoms with E-state index in [0.29, 0.717) is 16.5 Å². The maximum atomic E-state index is 12.7. The molecule has 0 bridgehead atoms. The molecular weight excluding hydrogens is 358 g/mol. The Labute approximate surface area is 153 Å². The molecule has 0 spiro atoms. The molecular formula is C18H14ClN3O2S. The van der Waals surface area contributed by atoms with E-state index >= 15 is 0 Å². The molecule has 0 aliphatic carbocycles. The van der Waals surface area contributed by atoms with Crippen LogP contribution in [-0.2, 0) is 15.3 Å². The van der Waals surface area contributed by atoms with E-state index in [1.807, 2.05) is 24.3 Å². The third-order valence-electron chi connectivity index (χ3n) is 4.06. The van der Waals surface area contributed by atoms with Crippen molar-refractivity contribution in [1.29, 1.82) is 0 Å². The third-order valence-corrected chi connectivity index (χ3v) is 5.59. The molecule has 7 heteroatoms. The highest BCUT2D eigenvalue weighted by Gasteiger charge is 2.40. The van der Waals surface area contributed by atoms with Crippen molar-refractivity contribution in [2.24, 2.45) is 0 Å². The number of para-hydroxylation sites is 3. The van der Waals surface area contributed by atoms with E-state index < -0.39 is 5.25 Å². The number of carbonyl (C=O) groups excluding carboxylic acids is 2. The third kappa shape index (κ3) is 3.03. The second kappa shape index (κ2) is 6.54. The van der Waals surface area contributed by atoms with Crippen molar-refractivity contribution in [1.82, 2.24) is 9.97 Å². The van der Waals surface area contributed by atoms with Crippen LogP contribution in [0.4, 0.5) is 5.69 Å². The van der Waals surface area contributed by atoms with E-state index in [0.717, 1.165) is 16.9 Å². The standard InChI is InChI=1S/C18H14ClN3O2S/c19-11-5-1-4-8-14(11)22-17(23)9-15(18(22)24)25-10-16-20-12-6-2-3-7-13(12)21-16/h1-8,15H,9-10H2,(H,20,21). The first-order valence-electron chi connectivity index (χ1n) is 7.80. The summed E-state index contributed by atoms with van der Waals surface area (Å²) >= 11 is 7.55. The molecule has 1 N–H and O–H groups in total. The monoisotopic (exact) mass is 371 g/mol. The summed E-state index contributed by atoms with van der Waals surface area (Å²) in [4.78, 5) is 33.9. The summed E-state index contributed by atoms with van der Waals surface area (Å²) in [5.74, 6) is 0.886. The number of aromatic amines is 1. The van der Waals surface area contributed by atoms with E-state index in [1.165, 1.54) is 16.7 Å². The highest BCUT2D eigenvalue weighted by atomic mass is 35.5. The largest absolute Gasteiger partial charge is 0.341 e. The van der Waals surface area contributed by atoms with Crippen molar-refractivity contribution in [3.8, 4) is 0 Å². The number of benzene rings is 2. The fraction of sp³-hybridized carbons (Fsp3) is 0.167. The molecule has 25 heavy (non-hydrogen) atoms. The van der Waals surface area contributed by atoms with Gasteiger partial charge in [0.25, 0.3) is 0 Å².